The van der Waals surface area contributed by atoms with Crippen LogP contribution in [0.15, 0.2) is 28.9 Å². The van der Waals surface area contributed by atoms with E-state index in [4.69, 9.17) is 0 Å². The molecule has 1 aliphatic carbocycles. The summed E-state index contributed by atoms with van der Waals surface area (Å²) in [5.41, 5.74) is 1.91. The lowest BCUT2D eigenvalue weighted by molar-refractivity contribution is 0.0947. The monoisotopic (exact) mass is 376 g/mol. The quantitative estimate of drug-likeness (QED) is 0.737. The van der Waals surface area contributed by atoms with Crippen molar-refractivity contribution in [3.8, 4) is 0 Å². The standard InChI is InChI=1S/C19H25BrN2O/c1-2-22-13-17(16-11-15(20)9-10-18(16)22)19(23)21-12-14-7-5-3-4-6-8-14/h9-11,13-14H,2-8,12H2,1H3,(H,21,23). The molecule has 2 aromatic rings. The SMILES string of the molecule is CCn1cc(C(=O)NCC2CCCCCC2)c2cc(Br)ccc21. The Balaban J connectivity index is 1.76. The van der Waals surface area contributed by atoms with E-state index in [2.05, 4.69) is 38.8 Å². The van der Waals surface area contributed by atoms with E-state index in [1.54, 1.807) is 0 Å². The number of amides is 1. The number of aryl methyl sites for hydroxylation is 1. The van der Waals surface area contributed by atoms with Gasteiger partial charge in [0.25, 0.3) is 5.91 Å². The Kier molecular flexibility index (Phi) is 5.42. The van der Waals surface area contributed by atoms with Gasteiger partial charge in [0.1, 0.15) is 0 Å². The molecular formula is C19H25BrN2O. The van der Waals surface area contributed by atoms with Crippen molar-refractivity contribution < 1.29 is 4.79 Å². The van der Waals surface area contributed by atoms with Gasteiger partial charge in [0.2, 0.25) is 0 Å². The van der Waals surface area contributed by atoms with Crippen LogP contribution in [-0.4, -0.2) is 17.0 Å². The second-order valence-electron chi connectivity index (χ2n) is 6.56. The molecule has 23 heavy (non-hydrogen) atoms. The topological polar surface area (TPSA) is 34.0 Å². The fraction of sp³-hybridized carbons (Fsp3) is 0.526. The summed E-state index contributed by atoms with van der Waals surface area (Å²) in [5.74, 6) is 0.706. The fourth-order valence-corrected chi connectivity index (χ4v) is 3.97. The smallest absolute Gasteiger partial charge is 0.253 e. The summed E-state index contributed by atoms with van der Waals surface area (Å²) in [7, 11) is 0. The number of fused-ring (bicyclic) bond motifs is 1. The Labute approximate surface area is 146 Å². The van der Waals surface area contributed by atoms with Gasteiger partial charge < -0.3 is 9.88 Å². The zero-order valence-corrected chi connectivity index (χ0v) is 15.4. The number of rotatable bonds is 4. The van der Waals surface area contributed by atoms with Crippen LogP contribution >= 0.6 is 15.9 Å². The molecule has 4 heteroatoms. The molecule has 0 saturated heterocycles. The average molecular weight is 377 g/mol. The van der Waals surface area contributed by atoms with Crippen LogP contribution in [0.3, 0.4) is 0 Å². The highest BCUT2D eigenvalue weighted by atomic mass is 79.9. The van der Waals surface area contributed by atoms with Crippen molar-refractivity contribution in [3.63, 3.8) is 0 Å². The third kappa shape index (κ3) is 3.79. The maximum atomic E-state index is 12.7. The Morgan fingerprint density at radius 2 is 2.00 bits per heavy atom. The molecule has 1 fully saturated rings. The summed E-state index contributed by atoms with van der Waals surface area (Å²) < 4.78 is 3.15. The van der Waals surface area contributed by atoms with Gasteiger partial charge in [-0.25, -0.2) is 0 Å². The first-order valence-electron chi connectivity index (χ1n) is 8.75. The number of nitrogens with one attached hydrogen (secondary N) is 1. The maximum absolute atomic E-state index is 12.7. The van der Waals surface area contributed by atoms with Crippen LogP contribution in [0.4, 0.5) is 0 Å². The highest BCUT2D eigenvalue weighted by Crippen LogP contribution is 2.26. The highest BCUT2D eigenvalue weighted by Gasteiger charge is 2.17. The molecule has 1 heterocycles. The van der Waals surface area contributed by atoms with E-state index in [0.717, 1.165) is 34.0 Å². The van der Waals surface area contributed by atoms with Crippen molar-refractivity contribution in [1.82, 2.24) is 9.88 Å². The minimum atomic E-state index is 0.0598. The summed E-state index contributed by atoms with van der Waals surface area (Å²) in [5, 5.41) is 4.21. The second kappa shape index (κ2) is 7.52. The van der Waals surface area contributed by atoms with Gasteiger partial charge in [0.05, 0.1) is 5.56 Å². The molecule has 0 radical (unpaired) electrons. The van der Waals surface area contributed by atoms with Crippen molar-refractivity contribution >= 4 is 32.7 Å². The van der Waals surface area contributed by atoms with Crippen molar-refractivity contribution in [3.05, 3.63) is 34.4 Å². The largest absolute Gasteiger partial charge is 0.352 e. The number of benzene rings is 1. The summed E-state index contributed by atoms with van der Waals surface area (Å²) in [6, 6.07) is 6.15. The Hall–Kier alpha value is -1.29. The van der Waals surface area contributed by atoms with E-state index in [1.807, 2.05) is 18.3 Å². The minimum absolute atomic E-state index is 0.0598. The van der Waals surface area contributed by atoms with E-state index in [9.17, 15) is 4.79 Å². The Morgan fingerprint density at radius 3 is 2.70 bits per heavy atom. The number of hydrogen-bond donors (Lipinski definition) is 1. The number of hydrogen-bond acceptors (Lipinski definition) is 1. The van der Waals surface area contributed by atoms with Gasteiger partial charge in [-0.15, -0.1) is 0 Å². The maximum Gasteiger partial charge on any atom is 0.253 e. The van der Waals surface area contributed by atoms with Gasteiger partial charge in [-0.1, -0.05) is 41.6 Å². The number of aromatic nitrogens is 1. The van der Waals surface area contributed by atoms with Crippen LogP contribution in [0.25, 0.3) is 10.9 Å². The summed E-state index contributed by atoms with van der Waals surface area (Å²) in [6.07, 6.45) is 9.81. The molecule has 0 atom stereocenters. The molecular weight excluding hydrogens is 352 g/mol. The molecule has 0 bridgehead atoms. The molecule has 0 aliphatic heterocycles. The second-order valence-corrected chi connectivity index (χ2v) is 7.47. The fourth-order valence-electron chi connectivity index (χ4n) is 3.61. The highest BCUT2D eigenvalue weighted by molar-refractivity contribution is 9.10. The first-order valence-corrected chi connectivity index (χ1v) is 9.55. The number of carbonyl (C=O) groups excluding carboxylic acids is 1. The lowest BCUT2D eigenvalue weighted by Crippen LogP contribution is -2.29. The number of halogens is 1. The van der Waals surface area contributed by atoms with Gasteiger partial charge in [-0.2, -0.15) is 0 Å². The van der Waals surface area contributed by atoms with Gasteiger partial charge in [0, 0.05) is 34.7 Å². The van der Waals surface area contributed by atoms with Crippen LogP contribution in [-0.2, 0) is 6.54 Å². The molecule has 1 amide bonds. The van der Waals surface area contributed by atoms with Crippen LogP contribution in [0, 0.1) is 5.92 Å². The van der Waals surface area contributed by atoms with E-state index < -0.39 is 0 Å². The molecule has 1 saturated carbocycles. The summed E-state index contributed by atoms with van der Waals surface area (Å²) >= 11 is 3.52. The van der Waals surface area contributed by atoms with Crippen molar-refractivity contribution in [2.75, 3.05) is 6.54 Å². The first kappa shape index (κ1) is 16.6. The lowest BCUT2D eigenvalue weighted by atomic mass is 10.0. The predicted octanol–water partition coefficient (Wildman–Crippen LogP) is 5.12. The average Bonchev–Trinajstić information content (AvgIpc) is 2.72. The first-order chi connectivity index (χ1) is 11.2. The molecule has 1 N–H and O–H groups in total. The lowest BCUT2D eigenvalue weighted by Gasteiger charge is -2.14. The Bertz CT molecular complexity index is 684. The predicted molar refractivity (Wildman–Crippen MR) is 98.8 cm³/mol. The number of nitrogens with zero attached hydrogens (tertiary/aromatic N) is 1. The van der Waals surface area contributed by atoms with E-state index >= 15 is 0 Å². The van der Waals surface area contributed by atoms with Gasteiger partial charge >= 0.3 is 0 Å². The van der Waals surface area contributed by atoms with Gasteiger partial charge in [0.15, 0.2) is 0 Å². The Morgan fingerprint density at radius 1 is 1.26 bits per heavy atom. The summed E-state index contributed by atoms with van der Waals surface area (Å²) in [4.78, 5) is 12.7. The molecule has 0 spiro atoms. The van der Waals surface area contributed by atoms with Crippen LogP contribution < -0.4 is 5.32 Å². The zero-order chi connectivity index (χ0) is 16.2. The van der Waals surface area contributed by atoms with Crippen molar-refractivity contribution in [2.24, 2.45) is 5.92 Å². The van der Waals surface area contributed by atoms with Crippen LogP contribution in [0.2, 0.25) is 0 Å². The molecule has 1 aliphatic rings. The van der Waals surface area contributed by atoms with E-state index in [-0.39, 0.29) is 5.91 Å². The van der Waals surface area contributed by atoms with Crippen molar-refractivity contribution in [2.45, 2.75) is 52.0 Å². The molecule has 3 rings (SSSR count). The van der Waals surface area contributed by atoms with Crippen molar-refractivity contribution in [1.29, 1.82) is 0 Å². The van der Waals surface area contributed by atoms with Gasteiger partial charge in [-0.3, -0.25) is 4.79 Å². The van der Waals surface area contributed by atoms with Crippen LogP contribution in [0.5, 0.6) is 0 Å². The summed E-state index contributed by atoms with van der Waals surface area (Å²) in [6.45, 7) is 3.79. The molecule has 1 aromatic carbocycles. The normalized spacial score (nSPS) is 16.4. The number of carbonyl (C=O) groups is 1. The third-order valence-corrected chi connectivity index (χ3v) is 5.45. The van der Waals surface area contributed by atoms with E-state index in [1.165, 1.54) is 38.5 Å². The van der Waals surface area contributed by atoms with E-state index in [0.29, 0.717) is 5.92 Å². The molecule has 1 aromatic heterocycles. The van der Waals surface area contributed by atoms with Crippen LogP contribution in [0.1, 0.15) is 55.8 Å². The zero-order valence-electron chi connectivity index (χ0n) is 13.8. The molecule has 0 unspecified atom stereocenters. The third-order valence-electron chi connectivity index (χ3n) is 4.95. The molecule has 124 valence electrons. The van der Waals surface area contributed by atoms with Gasteiger partial charge in [-0.05, 0) is 43.9 Å². The minimum Gasteiger partial charge on any atom is -0.352 e. The molecule has 3 nitrogen and oxygen atoms in total.